The zero-order valence-corrected chi connectivity index (χ0v) is 11.5. The summed E-state index contributed by atoms with van der Waals surface area (Å²) in [4.78, 5) is 25.7. The third-order valence-electron chi connectivity index (χ3n) is 4.45. The highest BCUT2D eigenvalue weighted by molar-refractivity contribution is 9.10. The fourth-order valence-electron chi connectivity index (χ4n) is 3.75. The largest absolute Gasteiger partial charge is 0.481 e. The number of ether oxygens (including phenoxy) is 2. The molecule has 3 fully saturated rings. The lowest BCUT2D eigenvalue weighted by Crippen LogP contribution is -2.50. The first-order valence-corrected chi connectivity index (χ1v) is 7.03. The lowest BCUT2D eigenvalue weighted by Gasteiger charge is -2.36. The van der Waals surface area contributed by atoms with Crippen LogP contribution in [0, 0.1) is 11.8 Å². The van der Waals surface area contributed by atoms with Crippen LogP contribution in [-0.2, 0) is 19.1 Å². The Hall–Kier alpha value is -0.920. The van der Waals surface area contributed by atoms with E-state index in [-0.39, 0.29) is 5.91 Å². The fourth-order valence-corrected chi connectivity index (χ4v) is 4.63. The van der Waals surface area contributed by atoms with Crippen LogP contribution in [-0.4, -0.2) is 51.4 Å². The summed E-state index contributed by atoms with van der Waals surface area (Å²) in [5.41, 5.74) is -0.954. The Morgan fingerprint density at radius 2 is 2.32 bits per heavy atom. The highest BCUT2D eigenvalue weighted by atomic mass is 79.9. The second kappa shape index (κ2) is 3.39. The monoisotopic (exact) mass is 329 g/mol. The molecule has 0 unspecified atom stereocenters. The molecular weight excluding hydrogens is 318 g/mol. The maximum Gasteiger partial charge on any atom is 0.311 e. The number of alkyl halides is 1. The number of rotatable bonds is 1. The molecule has 0 radical (unpaired) electrons. The number of nitrogens with zero attached hydrogens (tertiary/aromatic N) is 1. The van der Waals surface area contributed by atoms with Crippen molar-refractivity contribution in [2.24, 2.45) is 11.8 Å². The third-order valence-corrected chi connectivity index (χ3v) is 5.37. The van der Waals surface area contributed by atoms with Crippen LogP contribution in [0.1, 0.15) is 6.42 Å². The van der Waals surface area contributed by atoms with Crippen molar-refractivity contribution in [2.45, 2.75) is 22.8 Å². The van der Waals surface area contributed by atoms with E-state index in [0.717, 1.165) is 6.42 Å². The van der Waals surface area contributed by atoms with Gasteiger partial charge < -0.3 is 19.5 Å². The zero-order valence-electron chi connectivity index (χ0n) is 9.91. The molecule has 1 amide bonds. The van der Waals surface area contributed by atoms with Crippen LogP contribution >= 0.6 is 15.9 Å². The van der Waals surface area contributed by atoms with Gasteiger partial charge in [0.15, 0.2) is 10.7 Å². The van der Waals surface area contributed by atoms with Gasteiger partial charge in [0.05, 0.1) is 12.5 Å². The summed E-state index contributed by atoms with van der Waals surface area (Å²) in [5.74, 6) is -2.83. The highest BCUT2D eigenvalue weighted by Gasteiger charge is 2.76. The third kappa shape index (κ3) is 1.19. The van der Waals surface area contributed by atoms with Gasteiger partial charge in [0.2, 0.25) is 5.91 Å². The topological polar surface area (TPSA) is 76.1 Å². The van der Waals surface area contributed by atoms with Crippen LogP contribution in [0.4, 0.5) is 0 Å². The number of carbonyl (C=O) groups excluding carboxylic acids is 1. The zero-order chi connectivity index (χ0) is 13.4. The molecular formula is C12H12BrNO5. The maximum absolute atomic E-state index is 12.5. The number of carboxylic acids is 1. The predicted octanol–water partition coefficient (Wildman–Crippen LogP) is 0.322. The number of hydrogen-bond acceptors (Lipinski definition) is 4. The Balaban J connectivity index is 1.86. The van der Waals surface area contributed by atoms with Crippen LogP contribution < -0.4 is 0 Å². The van der Waals surface area contributed by atoms with Gasteiger partial charge >= 0.3 is 5.97 Å². The Labute approximate surface area is 117 Å². The van der Waals surface area contributed by atoms with Crippen LogP contribution in [0.3, 0.4) is 0 Å². The van der Waals surface area contributed by atoms with Crippen molar-refractivity contribution in [1.29, 1.82) is 0 Å². The van der Waals surface area contributed by atoms with Crippen molar-refractivity contribution < 1.29 is 24.2 Å². The van der Waals surface area contributed by atoms with E-state index in [0.29, 0.717) is 13.2 Å². The van der Waals surface area contributed by atoms with Gasteiger partial charge in [-0.25, -0.2) is 0 Å². The molecule has 3 saturated heterocycles. The highest BCUT2D eigenvalue weighted by Crippen LogP contribution is 2.62. The summed E-state index contributed by atoms with van der Waals surface area (Å²) in [5, 5.41) is 9.44. The van der Waals surface area contributed by atoms with Gasteiger partial charge in [0.25, 0.3) is 0 Å². The van der Waals surface area contributed by atoms with E-state index in [2.05, 4.69) is 15.9 Å². The van der Waals surface area contributed by atoms with Gasteiger partial charge in [0, 0.05) is 6.54 Å². The molecule has 7 heteroatoms. The second-order valence-corrected chi connectivity index (χ2v) is 6.63. The molecule has 0 aromatic carbocycles. The summed E-state index contributed by atoms with van der Waals surface area (Å²) < 4.78 is 10.5. The summed E-state index contributed by atoms with van der Waals surface area (Å²) in [6.45, 7) is 1.16. The summed E-state index contributed by atoms with van der Waals surface area (Å²) in [6.07, 6.45) is 3.75. The smallest absolute Gasteiger partial charge is 0.311 e. The van der Waals surface area contributed by atoms with Crippen molar-refractivity contribution in [2.75, 3.05) is 13.2 Å². The molecule has 0 aromatic heterocycles. The molecule has 1 spiro atoms. The molecule has 0 saturated carbocycles. The Morgan fingerprint density at radius 3 is 3.05 bits per heavy atom. The van der Waals surface area contributed by atoms with Gasteiger partial charge in [-0.3, -0.25) is 9.59 Å². The van der Waals surface area contributed by atoms with Gasteiger partial charge in [-0.1, -0.05) is 0 Å². The SMILES string of the molecule is O=C(O)[C@@H]1[C@@H]2C(=O)N3CCCO[C@H]3[C@@]23C=C[C@@]1(Br)O3. The standard InChI is InChI=1S/C12H12BrNO5/c13-12-3-2-11(19-12)6(7(12)9(16)17)8(15)14-4-1-5-18-10(11)14/h2-3,6-7,10H,1,4-5H2,(H,16,17)/t6-,7+,10+,11-,12-/m1/s1. The molecule has 102 valence electrons. The summed E-state index contributed by atoms with van der Waals surface area (Å²) in [7, 11) is 0. The minimum absolute atomic E-state index is 0.178. The Morgan fingerprint density at radius 1 is 1.53 bits per heavy atom. The van der Waals surface area contributed by atoms with Gasteiger partial charge in [-0.05, 0) is 34.5 Å². The van der Waals surface area contributed by atoms with E-state index in [1.165, 1.54) is 0 Å². The first kappa shape index (κ1) is 11.9. The average molecular weight is 330 g/mol. The van der Waals surface area contributed by atoms with E-state index >= 15 is 0 Å². The lowest BCUT2D eigenvalue weighted by molar-refractivity contribution is -0.170. The van der Waals surface area contributed by atoms with E-state index in [1.54, 1.807) is 17.1 Å². The van der Waals surface area contributed by atoms with E-state index in [1.807, 2.05) is 0 Å². The minimum Gasteiger partial charge on any atom is -0.481 e. The predicted molar refractivity (Wildman–Crippen MR) is 65.3 cm³/mol. The van der Waals surface area contributed by atoms with Gasteiger partial charge in [-0.2, -0.15) is 0 Å². The average Bonchev–Trinajstić information content (AvgIpc) is 2.94. The minimum atomic E-state index is -1.09. The molecule has 19 heavy (non-hydrogen) atoms. The number of aliphatic carboxylic acids is 1. The molecule has 4 aliphatic heterocycles. The van der Waals surface area contributed by atoms with Crippen LogP contribution in [0.15, 0.2) is 12.2 Å². The number of hydrogen-bond donors (Lipinski definition) is 1. The van der Waals surface area contributed by atoms with Gasteiger partial charge in [-0.15, -0.1) is 0 Å². The Kier molecular flexibility index (Phi) is 2.12. The molecule has 4 rings (SSSR count). The van der Waals surface area contributed by atoms with E-state index in [9.17, 15) is 14.7 Å². The molecule has 2 bridgehead atoms. The quantitative estimate of drug-likeness (QED) is 0.554. The van der Waals surface area contributed by atoms with Crippen molar-refractivity contribution in [3.05, 3.63) is 12.2 Å². The van der Waals surface area contributed by atoms with Crippen molar-refractivity contribution >= 4 is 27.8 Å². The number of fused-ring (bicyclic) bond motifs is 2. The van der Waals surface area contributed by atoms with Crippen LogP contribution in [0.5, 0.6) is 0 Å². The number of carbonyl (C=O) groups is 2. The van der Waals surface area contributed by atoms with Crippen molar-refractivity contribution in [3.63, 3.8) is 0 Å². The van der Waals surface area contributed by atoms with Crippen molar-refractivity contribution in [1.82, 2.24) is 4.90 Å². The summed E-state index contributed by atoms with van der Waals surface area (Å²) in [6, 6.07) is 0. The van der Waals surface area contributed by atoms with Crippen molar-refractivity contribution in [3.8, 4) is 0 Å². The number of halogens is 1. The molecule has 5 atom stereocenters. The maximum atomic E-state index is 12.5. The molecule has 0 aliphatic carbocycles. The molecule has 4 heterocycles. The molecule has 4 aliphatic rings. The first-order valence-electron chi connectivity index (χ1n) is 6.24. The fraction of sp³-hybridized carbons (Fsp3) is 0.667. The molecule has 1 N–H and O–H groups in total. The lowest BCUT2D eigenvalue weighted by atomic mass is 9.76. The molecule has 0 aromatic rings. The van der Waals surface area contributed by atoms with Gasteiger partial charge in [0.1, 0.15) is 11.5 Å². The first-order chi connectivity index (χ1) is 9.00. The van der Waals surface area contributed by atoms with Crippen LogP contribution in [0.25, 0.3) is 0 Å². The van der Waals surface area contributed by atoms with E-state index in [4.69, 9.17) is 9.47 Å². The Bertz CT molecular complexity index is 522. The van der Waals surface area contributed by atoms with Crippen LogP contribution in [0.2, 0.25) is 0 Å². The summed E-state index contributed by atoms with van der Waals surface area (Å²) >= 11 is 3.33. The molecule has 6 nitrogen and oxygen atoms in total. The second-order valence-electron chi connectivity index (χ2n) is 5.39. The number of amides is 1. The number of carboxylic acid groups (broad SMARTS) is 1. The van der Waals surface area contributed by atoms with E-state index < -0.39 is 34.1 Å². The normalized spacial score (nSPS) is 50.5.